The summed E-state index contributed by atoms with van der Waals surface area (Å²) < 4.78 is 10.6. The molecule has 82 valence electrons. The summed E-state index contributed by atoms with van der Waals surface area (Å²) in [4.78, 5) is 0. The predicted molar refractivity (Wildman–Crippen MR) is 59.4 cm³/mol. The fourth-order valence-electron chi connectivity index (χ4n) is 2.19. The van der Waals surface area contributed by atoms with Gasteiger partial charge in [-0.3, -0.25) is 0 Å². The predicted octanol–water partition coefficient (Wildman–Crippen LogP) is 2.04. The van der Waals surface area contributed by atoms with E-state index in [-0.39, 0.29) is 6.04 Å². The van der Waals surface area contributed by atoms with E-state index in [0.29, 0.717) is 0 Å². The zero-order valence-corrected chi connectivity index (χ0v) is 9.25. The van der Waals surface area contributed by atoms with E-state index in [4.69, 9.17) is 15.2 Å². The van der Waals surface area contributed by atoms with E-state index in [9.17, 15) is 0 Å². The molecule has 0 heterocycles. The van der Waals surface area contributed by atoms with Crippen molar-refractivity contribution in [2.24, 2.45) is 5.73 Å². The second-order valence-electron chi connectivity index (χ2n) is 3.90. The molecule has 0 bridgehead atoms. The highest BCUT2D eigenvalue weighted by Crippen LogP contribution is 2.37. The molecule has 0 spiro atoms. The lowest BCUT2D eigenvalue weighted by Crippen LogP contribution is -2.18. The van der Waals surface area contributed by atoms with Crippen molar-refractivity contribution < 1.29 is 9.47 Å². The molecular weight excluding hydrogens is 190 g/mol. The molecule has 1 unspecified atom stereocenters. The van der Waals surface area contributed by atoms with Crippen molar-refractivity contribution in [1.82, 2.24) is 0 Å². The standard InChI is InChI=1S/C12H17NO2/c1-14-8-6-10-9(12(7-8)15-2)4-3-5-11(10)13/h6-7,11H,3-5,13H2,1-2H3. The Morgan fingerprint density at radius 1 is 1.27 bits per heavy atom. The molecule has 3 nitrogen and oxygen atoms in total. The fraction of sp³-hybridized carbons (Fsp3) is 0.500. The number of hydrogen-bond donors (Lipinski definition) is 1. The molecular formula is C12H17NO2. The van der Waals surface area contributed by atoms with Crippen LogP contribution in [-0.4, -0.2) is 14.2 Å². The summed E-state index contributed by atoms with van der Waals surface area (Å²) in [5.74, 6) is 1.72. The minimum absolute atomic E-state index is 0.123. The van der Waals surface area contributed by atoms with Crippen molar-refractivity contribution in [3.8, 4) is 11.5 Å². The van der Waals surface area contributed by atoms with Crippen LogP contribution < -0.4 is 15.2 Å². The second-order valence-corrected chi connectivity index (χ2v) is 3.90. The average molecular weight is 207 g/mol. The van der Waals surface area contributed by atoms with Crippen molar-refractivity contribution in [1.29, 1.82) is 0 Å². The van der Waals surface area contributed by atoms with Crippen molar-refractivity contribution in [2.75, 3.05) is 14.2 Å². The molecule has 15 heavy (non-hydrogen) atoms. The number of hydrogen-bond acceptors (Lipinski definition) is 3. The lowest BCUT2D eigenvalue weighted by molar-refractivity contribution is 0.384. The maximum atomic E-state index is 6.08. The number of benzene rings is 1. The highest BCUT2D eigenvalue weighted by molar-refractivity contribution is 5.49. The van der Waals surface area contributed by atoms with Crippen LogP contribution in [0, 0.1) is 0 Å². The van der Waals surface area contributed by atoms with Crippen LogP contribution in [0.25, 0.3) is 0 Å². The van der Waals surface area contributed by atoms with Gasteiger partial charge in [0.05, 0.1) is 14.2 Å². The first-order valence-electron chi connectivity index (χ1n) is 5.26. The maximum absolute atomic E-state index is 6.08. The summed E-state index contributed by atoms with van der Waals surface area (Å²) in [6.45, 7) is 0. The van der Waals surface area contributed by atoms with Gasteiger partial charge in [0.1, 0.15) is 11.5 Å². The largest absolute Gasteiger partial charge is 0.497 e. The average Bonchev–Trinajstić information content (AvgIpc) is 2.28. The van der Waals surface area contributed by atoms with E-state index in [2.05, 4.69) is 0 Å². The minimum Gasteiger partial charge on any atom is -0.497 e. The van der Waals surface area contributed by atoms with Gasteiger partial charge in [-0.1, -0.05) is 0 Å². The summed E-state index contributed by atoms with van der Waals surface area (Å²) in [6, 6.07) is 4.08. The molecule has 0 radical (unpaired) electrons. The Morgan fingerprint density at radius 3 is 2.73 bits per heavy atom. The molecule has 1 aliphatic carbocycles. The second kappa shape index (κ2) is 4.11. The van der Waals surface area contributed by atoms with Crippen molar-refractivity contribution in [3.05, 3.63) is 23.3 Å². The maximum Gasteiger partial charge on any atom is 0.126 e. The Hall–Kier alpha value is -1.22. The van der Waals surface area contributed by atoms with Crippen molar-refractivity contribution in [3.63, 3.8) is 0 Å². The van der Waals surface area contributed by atoms with Gasteiger partial charge in [0, 0.05) is 12.1 Å². The van der Waals surface area contributed by atoms with Gasteiger partial charge in [0.15, 0.2) is 0 Å². The summed E-state index contributed by atoms with van der Waals surface area (Å²) in [7, 11) is 3.35. The van der Waals surface area contributed by atoms with Gasteiger partial charge >= 0.3 is 0 Å². The lowest BCUT2D eigenvalue weighted by atomic mass is 9.87. The highest BCUT2D eigenvalue weighted by atomic mass is 16.5. The molecule has 0 aliphatic heterocycles. The molecule has 1 aliphatic rings. The van der Waals surface area contributed by atoms with E-state index in [0.717, 1.165) is 30.8 Å². The first-order chi connectivity index (χ1) is 7.26. The van der Waals surface area contributed by atoms with Gasteiger partial charge in [-0.15, -0.1) is 0 Å². The van der Waals surface area contributed by atoms with Crippen molar-refractivity contribution >= 4 is 0 Å². The zero-order chi connectivity index (χ0) is 10.8. The summed E-state index contributed by atoms with van der Waals surface area (Å²) in [5.41, 5.74) is 8.51. The van der Waals surface area contributed by atoms with E-state index in [1.807, 2.05) is 12.1 Å². The molecule has 3 heteroatoms. The van der Waals surface area contributed by atoms with Gasteiger partial charge in [0.25, 0.3) is 0 Å². The van der Waals surface area contributed by atoms with Crippen LogP contribution in [0.5, 0.6) is 11.5 Å². The van der Waals surface area contributed by atoms with Gasteiger partial charge in [-0.05, 0) is 36.5 Å². The zero-order valence-electron chi connectivity index (χ0n) is 9.25. The molecule has 1 atom stereocenters. The molecule has 0 amide bonds. The quantitative estimate of drug-likeness (QED) is 0.807. The first kappa shape index (κ1) is 10.3. The molecule has 2 N–H and O–H groups in total. The molecule has 0 saturated carbocycles. The van der Waals surface area contributed by atoms with Gasteiger partial charge in [0.2, 0.25) is 0 Å². The first-order valence-corrected chi connectivity index (χ1v) is 5.26. The van der Waals surface area contributed by atoms with E-state index in [1.165, 1.54) is 11.1 Å². The lowest BCUT2D eigenvalue weighted by Gasteiger charge is -2.24. The summed E-state index contributed by atoms with van der Waals surface area (Å²) in [5, 5.41) is 0. The minimum atomic E-state index is 0.123. The number of fused-ring (bicyclic) bond motifs is 1. The molecule has 1 aromatic carbocycles. The third-order valence-corrected chi connectivity index (χ3v) is 3.01. The SMILES string of the molecule is COc1cc(OC)c2c(c1)C(N)CCC2. The van der Waals surface area contributed by atoms with Crippen LogP contribution in [0.1, 0.15) is 30.0 Å². The van der Waals surface area contributed by atoms with Gasteiger partial charge in [-0.25, -0.2) is 0 Å². The smallest absolute Gasteiger partial charge is 0.126 e. The molecule has 0 fully saturated rings. The van der Waals surface area contributed by atoms with Crippen molar-refractivity contribution in [2.45, 2.75) is 25.3 Å². The summed E-state index contributed by atoms with van der Waals surface area (Å²) >= 11 is 0. The van der Waals surface area contributed by atoms with Gasteiger partial charge < -0.3 is 15.2 Å². The Bertz CT molecular complexity index is 363. The normalized spacial score (nSPS) is 19.5. The number of nitrogens with two attached hydrogens (primary N) is 1. The van der Waals surface area contributed by atoms with Crippen LogP contribution >= 0.6 is 0 Å². The van der Waals surface area contributed by atoms with E-state index < -0.39 is 0 Å². The fourth-order valence-corrected chi connectivity index (χ4v) is 2.19. The third-order valence-electron chi connectivity index (χ3n) is 3.01. The monoisotopic (exact) mass is 207 g/mol. The van der Waals surface area contributed by atoms with E-state index in [1.54, 1.807) is 14.2 Å². The number of methoxy groups -OCH3 is 2. The Labute approximate surface area is 90.2 Å². The summed E-state index contributed by atoms with van der Waals surface area (Å²) in [6.07, 6.45) is 3.23. The highest BCUT2D eigenvalue weighted by Gasteiger charge is 2.21. The van der Waals surface area contributed by atoms with Crippen LogP contribution in [0.3, 0.4) is 0 Å². The molecule has 2 rings (SSSR count). The molecule has 1 aromatic rings. The van der Waals surface area contributed by atoms with Gasteiger partial charge in [-0.2, -0.15) is 0 Å². The van der Waals surface area contributed by atoms with Crippen LogP contribution in [0.15, 0.2) is 12.1 Å². The topological polar surface area (TPSA) is 44.5 Å². The van der Waals surface area contributed by atoms with E-state index >= 15 is 0 Å². The molecule has 0 saturated heterocycles. The number of ether oxygens (including phenoxy) is 2. The van der Waals surface area contributed by atoms with Crippen LogP contribution in [-0.2, 0) is 6.42 Å². The Kier molecular flexibility index (Phi) is 2.82. The third kappa shape index (κ3) is 1.79. The Morgan fingerprint density at radius 2 is 2.07 bits per heavy atom. The van der Waals surface area contributed by atoms with Crippen LogP contribution in [0.2, 0.25) is 0 Å². The van der Waals surface area contributed by atoms with Crippen LogP contribution in [0.4, 0.5) is 0 Å². The molecule has 0 aromatic heterocycles. The Balaban J connectivity index is 2.52. The number of rotatable bonds is 2.